The highest BCUT2D eigenvalue weighted by Gasteiger charge is 2.02. The highest BCUT2D eigenvalue weighted by atomic mass is 32.3. The first-order chi connectivity index (χ1) is 6.58. The number of aryl methyl sites for hydroxylation is 1. The lowest BCUT2D eigenvalue weighted by Crippen LogP contribution is -2.05. The first-order valence-electron chi connectivity index (χ1n) is 4.32. The van der Waals surface area contributed by atoms with Gasteiger partial charge in [0, 0.05) is 11.9 Å². The van der Waals surface area contributed by atoms with Gasteiger partial charge in [-0.05, 0) is 31.4 Å². The molecule has 5 nitrogen and oxygen atoms in total. The van der Waals surface area contributed by atoms with Crippen molar-refractivity contribution >= 4 is 10.4 Å². The molecule has 0 saturated carbocycles. The minimum Gasteiger partial charge on any atom is -0.365 e. The van der Waals surface area contributed by atoms with Crippen molar-refractivity contribution in [2.75, 3.05) is 6.61 Å². The second-order valence-electron chi connectivity index (χ2n) is 2.90. The largest absolute Gasteiger partial charge is 0.397 e. The summed E-state index contributed by atoms with van der Waals surface area (Å²) in [4.78, 5) is 3.04. The molecule has 0 amide bonds. The van der Waals surface area contributed by atoms with Gasteiger partial charge in [-0.1, -0.05) is 0 Å². The Morgan fingerprint density at radius 1 is 1.43 bits per heavy atom. The van der Waals surface area contributed by atoms with E-state index in [9.17, 15) is 8.42 Å². The predicted molar refractivity (Wildman–Crippen MR) is 51.2 cm³/mol. The molecule has 0 fully saturated rings. The summed E-state index contributed by atoms with van der Waals surface area (Å²) in [6.07, 6.45) is 4.10. The van der Waals surface area contributed by atoms with Crippen molar-refractivity contribution in [2.45, 2.75) is 19.3 Å². The Balaban J connectivity index is 2.06. The molecule has 80 valence electrons. The molecule has 0 saturated heterocycles. The first-order valence-corrected chi connectivity index (χ1v) is 5.68. The van der Waals surface area contributed by atoms with Crippen molar-refractivity contribution < 1.29 is 17.2 Å². The summed E-state index contributed by atoms with van der Waals surface area (Å²) in [5.41, 5.74) is 1.11. The van der Waals surface area contributed by atoms with Gasteiger partial charge < -0.3 is 4.98 Å². The predicted octanol–water partition coefficient (Wildman–Crippen LogP) is 1.16. The molecule has 1 aromatic heterocycles. The molecule has 0 bridgehead atoms. The van der Waals surface area contributed by atoms with Gasteiger partial charge in [-0.25, -0.2) is 4.18 Å². The van der Waals surface area contributed by atoms with Crippen molar-refractivity contribution in [1.82, 2.24) is 4.98 Å². The van der Waals surface area contributed by atoms with Gasteiger partial charge in [-0.2, -0.15) is 8.42 Å². The van der Waals surface area contributed by atoms with Gasteiger partial charge in [-0.3, -0.25) is 4.55 Å². The molecule has 1 aromatic rings. The normalized spacial score (nSPS) is 11.8. The van der Waals surface area contributed by atoms with Crippen molar-refractivity contribution in [1.29, 1.82) is 0 Å². The van der Waals surface area contributed by atoms with Crippen LogP contribution in [0.15, 0.2) is 18.3 Å². The van der Waals surface area contributed by atoms with E-state index < -0.39 is 10.4 Å². The summed E-state index contributed by atoms with van der Waals surface area (Å²) in [7, 11) is -4.27. The molecule has 6 heteroatoms. The van der Waals surface area contributed by atoms with E-state index in [1.54, 1.807) is 0 Å². The van der Waals surface area contributed by atoms with Crippen molar-refractivity contribution in [2.24, 2.45) is 0 Å². The third-order valence-corrected chi connectivity index (χ3v) is 2.20. The molecule has 2 N–H and O–H groups in total. The number of H-pyrrole nitrogens is 1. The monoisotopic (exact) mass is 219 g/mol. The van der Waals surface area contributed by atoms with Crippen molar-refractivity contribution in [3.8, 4) is 0 Å². The Bertz CT molecular complexity index is 343. The van der Waals surface area contributed by atoms with E-state index >= 15 is 0 Å². The minimum atomic E-state index is -4.27. The van der Waals surface area contributed by atoms with E-state index in [1.807, 2.05) is 18.3 Å². The number of rotatable bonds is 6. The fourth-order valence-electron chi connectivity index (χ4n) is 1.10. The molecular weight excluding hydrogens is 206 g/mol. The zero-order valence-electron chi connectivity index (χ0n) is 7.64. The molecule has 0 aliphatic rings. The highest BCUT2D eigenvalue weighted by Crippen LogP contribution is 2.02. The third kappa shape index (κ3) is 5.00. The molecule has 1 heterocycles. The third-order valence-electron chi connectivity index (χ3n) is 1.74. The average molecular weight is 219 g/mol. The van der Waals surface area contributed by atoms with E-state index in [2.05, 4.69) is 9.17 Å². The molecule has 0 unspecified atom stereocenters. The lowest BCUT2D eigenvalue weighted by molar-refractivity contribution is 0.262. The maximum atomic E-state index is 10.2. The van der Waals surface area contributed by atoms with Gasteiger partial charge in [0.2, 0.25) is 0 Å². The Hall–Kier alpha value is -0.850. The van der Waals surface area contributed by atoms with Crippen LogP contribution in [0.5, 0.6) is 0 Å². The van der Waals surface area contributed by atoms with Gasteiger partial charge in [0.25, 0.3) is 0 Å². The number of hydrogen-bond acceptors (Lipinski definition) is 3. The summed E-state index contributed by atoms with van der Waals surface area (Å²) >= 11 is 0. The number of nitrogens with one attached hydrogen (secondary N) is 1. The second kappa shape index (κ2) is 5.14. The van der Waals surface area contributed by atoms with Crippen LogP contribution < -0.4 is 0 Å². The molecule has 0 aromatic carbocycles. The minimum absolute atomic E-state index is 0.0273. The quantitative estimate of drug-likeness (QED) is 0.555. The van der Waals surface area contributed by atoms with Crippen LogP contribution in [0.4, 0.5) is 0 Å². The van der Waals surface area contributed by atoms with E-state index in [0.29, 0.717) is 6.42 Å². The molecule has 0 aliphatic heterocycles. The topological polar surface area (TPSA) is 79.4 Å². The Morgan fingerprint density at radius 2 is 2.21 bits per heavy atom. The molecule has 14 heavy (non-hydrogen) atoms. The zero-order chi connectivity index (χ0) is 10.4. The Morgan fingerprint density at radius 3 is 2.79 bits per heavy atom. The Labute approximate surface area is 83.1 Å². The van der Waals surface area contributed by atoms with Crippen LogP contribution in [0, 0.1) is 0 Å². The maximum Gasteiger partial charge on any atom is 0.397 e. The van der Waals surface area contributed by atoms with E-state index in [-0.39, 0.29) is 6.61 Å². The molecular formula is C8H13NO4S. The van der Waals surface area contributed by atoms with E-state index in [0.717, 1.165) is 18.5 Å². The summed E-state index contributed by atoms with van der Waals surface area (Å²) in [5.74, 6) is 0. The lowest BCUT2D eigenvalue weighted by atomic mass is 10.2. The van der Waals surface area contributed by atoms with Gasteiger partial charge >= 0.3 is 10.4 Å². The fraction of sp³-hybridized carbons (Fsp3) is 0.500. The second-order valence-corrected chi connectivity index (χ2v) is 3.99. The summed E-state index contributed by atoms with van der Waals surface area (Å²) in [5, 5.41) is 0. The van der Waals surface area contributed by atoms with Crippen LogP contribution in [0.3, 0.4) is 0 Å². The number of aromatic amines is 1. The van der Waals surface area contributed by atoms with E-state index in [1.165, 1.54) is 0 Å². The van der Waals surface area contributed by atoms with Crippen LogP contribution in [0.25, 0.3) is 0 Å². The molecule has 0 radical (unpaired) electrons. The Kier molecular flexibility index (Phi) is 4.12. The average Bonchev–Trinajstić information content (AvgIpc) is 2.54. The fourth-order valence-corrected chi connectivity index (χ4v) is 1.43. The van der Waals surface area contributed by atoms with E-state index in [4.69, 9.17) is 4.55 Å². The SMILES string of the molecule is O=S(=O)(O)OCCCCc1ccc[nH]1. The van der Waals surface area contributed by atoms with Gasteiger partial charge in [0.05, 0.1) is 6.61 Å². The highest BCUT2D eigenvalue weighted by molar-refractivity contribution is 7.80. The number of hydrogen-bond donors (Lipinski definition) is 2. The van der Waals surface area contributed by atoms with Gasteiger partial charge in [0.15, 0.2) is 0 Å². The molecule has 0 atom stereocenters. The molecule has 0 aliphatic carbocycles. The van der Waals surface area contributed by atoms with Crippen molar-refractivity contribution in [3.63, 3.8) is 0 Å². The van der Waals surface area contributed by atoms with Crippen molar-refractivity contribution in [3.05, 3.63) is 24.0 Å². The summed E-state index contributed by atoms with van der Waals surface area (Å²) < 4.78 is 32.7. The van der Waals surface area contributed by atoms with Crippen LogP contribution in [-0.4, -0.2) is 24.6 Å². The van der Waals surface area contributed by atoms with Crippen LogP contribution in [-0.2, 0) is 21.0 Å². The summed E-state index contributed by atoms with van der Waals surface area (Å²) in [6, 6.07) is 3.87. The van der Waals surface area contributed by atoms with Gasteiger partial charge in [-0.15, -0.1) is 0 Å². The standard InChI is InChI=1S/C8H13NO4S/c10-14(11,12)13-7-2-1-4-8-5-3-6-9-8/h3,5-6,9H,1-2,4,7H2,(H,10,11,12). The van der Waals surface area contributed by atoms with Crippen LogP contribution in [0.2, 0.25) is 0 Å². The first kappa shape index (κ1) is 11.2. The zero-order valence-corrected chi connectivity index (χ0v) is 8.46. The molecule has 1 rings (SSSR count). The lowest BCUT2D eigenvalue weighted by Gasteiger charge is -1.99. The maximum absolute atomic E-state index is 10.2. The van der Waals surface area contributed by atoms with Gasteiger partial charge in [0.1, 0.15) is 0 Å². The number of aromatic nitrogens is 1. The summed E-state index contributed by atoms with van der Waals surface area (Å²) in [6.45, 7) is 0.0273. The smallest absolute Gasteiger partial charge is 0.365 e. The molecule has 0 spiro atoms. The van der Waals surface area contributed by atoms with Crippen LogP contribution >= 0.6 is 0 Å². The van der Waals surface area contributed by atoms with Crippen LogP contribution in [0.1, 0.15) is 18.5 Å². The number of unbranched alkanes of at least 4 members (excludes halogenated alkanes) is 1.